The fraction of sp³-hybridized carbons (Fsp3) is 0.692. The van der Waals surface area contributed by atoms with Crippen LogP contribution < -0.4 is 5.32 Å². The van der Waals surface area contributed by atoms with Gasteiger partial charge in [0.1, 0.15) is 5.60 Å². The van der Waals surface area contributed by atoms with Crippen molar-refractivity contribution in [2.24, 2.45) is 7.05 Å². The van der Waals surface area contributed by atoms with Gasteiger partial charge in [-0.25, -0.2) is 0 Å². The van der Waals surface area contributed by atoms with Gasteiger partial charge in [-0.3, -0.25) is 9.48 Å². The van der Waals surface area contributed by atoms with Crippen LogP contribution >= 0.6 is 0 Å². The molecule has 1 heterocycles. The molecule has 1 unspecified atom stereocenters. The van der Waals surface area contributed by atoms with Gasteiger partial charge >= 0.3 is 5.97 Å². The van der Waals surface area contributed by atoms with Crippen LogP contribution in [-0.2, 0) is 16.6 Å². The quantitative estimate of drug-likeness (QED) is 0.830. The molecule has 0 aliphatic heterocycles. The Morgan fingerprint density at radius 2 is 2.17 bits per heavy atom. The molecule has 18 heavy (non-hydrogen) atoms. The minimum absolute atomic E-state index is 0.0752. The predicted molar refractivity (Wildman–Crippen MR) is 70.2 cm³/mol. The largest absolute Gasteiger partial charge is 0.459 e. The number of aromatic nitrogens is 2. The fourth-order valence-electron chi connectivity index (χ4n) is 1.77. The van der Waals surface area contributed by atoms with Crippen molar-refractivity contribution in [1.82, 2.24) is 15.1 Å². The van der Waals surface area contributed by atoms with E-state index in [1.807, 2.05) is 47.9 Å². The molecule has 0 saturated heterocycles. The monoisotopic (exact) mass is 253 g/mol. The number of hydrogen-bond acceptors (Lipinski definition) is 4. The van der Waals surface area contributed by atoms with E-state index >= 15 is 0 Å². The first kappa shape index (κ1) is 14.7. The Labute approximate surface area is 109 Å². The van der Waals surface area contributed by atoms with E-state index in [-0.39, 0.29) is 18.6 Å². The Balaban J connectivity index is 2.49. The second-order valence-corrected chi connectivity index (χ2v) is 5.53. The molecular formula is C13H23N3O2. The van der Waals surface area contributed by atoms with Crippen LogP contribution in [0.3, 0.4) is 0 Å². The Kier molecular flexibility index (Phi) is 4.51. The number of carbonyl (C=O) groups excluding carboxylic acids is 1. The average Bonchev–Trinajstić information content (AvgIpc) is 2.52. The molecule has 0 saturated carbocycles. The zero-order valence-corrected chi connectivity index (χ0v) is 12.1. The molecule has 1 aromatic rings. The van der Waals surface area contributed by atoms with Crippen molar-refractivity contribution in [2.45, 2.75) is 46.3 Å². The number of hydrogen-bond donors (Lipinski definition) is 1. The summed E-state index contributed by atoms with van der Waals surface area (Å²) in [6.45, 7) is 9.75. The molecule has 1 atom stereocenters. The zero-order chi connectivity index (χ0) is 13.9. The van der Waals surface area contributed by atoms with Gasteiger partial charge in [-0.05, 0) is 34.6 Å². The maximum atomic E-state index is 11.6. The normalized spacial score (nSPS) is 13.4. The van der Waals surface area contributed by atoms with Crippen LogP contribution in [0, 0.1) is 6.92 Å². The molecule has 102 valence electrons. The van der Waals surface area contributed by atoms with Gasteiger partial charge < -0.3 is 10.1 Å². The smallest absolute Gasteiger partial charge is 0.320 e. The molecule has 0 fully saturated rings. The molecule has 1 aromatic heterocycles. The first-order valence-corrected chi connectivity index (χ1v) is 6.14. The van der Waals surface area contributed by atoms with Gasteiger partial charge in [0.2, 0.25) is 0 Å². The lowest BCUT2D eigenvalue weighted by molar-refractivity contribution is -0.153. The predicted octanol–water partition coefficient (Wildman–Crippen LogP) is 1.72. The molecule has 1 rings (SSSR count). The summed E-state index contributed by atoms with van der Waals surface area (Å²) in [6.07, 6.45) is 1.96. The average molecular weight is 253 g/mol. The van der Waals surface area contributed by atoms with Crippen molar-refractivity contribution >= 4 is 5.97 Å². The van der Waals surface area contributed by atoms with Crippen molar-refractivity contribution in [1.29, 1.82) is 0 Å². The maximum Gasteiger partial charge on any atom is 0.320 e. The Hall–Kier alpha value is -1.36. The van der Waals surface area contributed by atoms with Crippen LogP contribution in [0.2, 0.25) is 0 Å². The van der Waals surface area contributed by atoms with Gasteiger partial charge in [0.05, 0.1) is 12.2 Å². The van der Waals surface area contributed by atoms with Crippen molar-refractivity contribution in [3.63, 3.8) is 0 Å². The zero-order valence-electron chi connectivity index (χ0n) is 12.1. The number of rotatable bonds is 4. The minimum Gasteiger partial charge on any atom is -0.459 e. The van der Waals surface area contributed by atoms with E-state index in [1.165, 1.54) is 0 Å². The van der Waals surface area contributed by atoms with Gasteiger partial charge in [0.25, 0.3) is 0 Å². The van der Waals surface area contributed by atoms with Gasteiger partial charge in [0.15, 0.2) is 0 Å². The number of esters is 1. The van der Waals surface area contributed by atoms with E-state index in [0.717, 1.165) is 11.3 Å². The fourth-order valence-corrected chi connectivity index (χ4v) is 1.77. The summed E-state index contributed by atoms with van der Waals surface area (Å²) >= 11 is 0. The molecule has 0 aliphatic carbocycles. The van der Waals surface area contributed by atoms with Crippen LogP contribution in [-0.4, -0.2) is 27.9 Å². The highest BCUT2D eigenvalue weighted by Gasteiger charge is 2.18. The molecule has 0 spiro atoms. The summed E-state index contributed by atoms with van der Waals surface area (Å²) in [5, 5.41) is 7.43. The van der Waals surface area contributed by atoms with Gasteiger partial charge in [0, 0.05) is 24.8 Å². The lowest BCUT2D eigenvalue weighted by Crippen LogP contribution is -2.32. The first-order chi connectivity index (χ1) is 8.19. The number of aryl methyl sites for hydroxylation is 2. The summed E-state index contributed by atoms with van der Waals surface area (Å²) in [7, 11) is 1.89. The van der Waals surface area contributed by atoms with Gasteiger partial charge in [-0.2, -0.15) is 5.10 Å². The third-order valence-corrected chi connectivity index (χ3v) is 2.49. The second kappa shape index (κ2) is 5.52. The molecule has 5 heteroatoms. The van der Waals surface area contributed by atoms with Gasteiger partial charge in [-0.1, -0.05) is 0 Å². The SMILES string of the molecule is Cc1nn(C)cc1C(C)NCC(=O)OC(C)(C)C. The van der Waals surface area contributed by atoms with Gasteiger partial charge in [-0.15, -0.1) is 0 Å². The molecule has 0 bridgehead atoms. The van der Waals surface area contributed by atoms with E-state index in [0.29, 0.717) is 0 Å². The number of ether oxygens (including phenoxy) is 1. The van der Waals surface area contributed by atoms with Crippen molar-refractivity contribution < 1.29 is 9.53 Å². The lowest BCUT2D eigenvalue weighted by atomic mass is 10.1. The summed E-state index contributed by atoms with van der Waals surface area (Å²) in [4.78, 5) is 11.6. The molecule has 0 radical (unpaired) electrons. The molecule has 0 aliphatic rings. The van der Waals surface area contributed by atoms with Crippen LogP contribution in [0.4, 0.5) is 0 Å². The molecule has 1 N–H and O–H groups in total. The number of carbonyl (C=O) groups is 1. The minimum atomic E-state index is -0.438. The third kappa shape index (κ3) is 4.49. The standard InChI is InChI=1S/C13H23N3O2/c1-9(11-8-16(6)15-10(11)2)14-7-12(17)18-13(3,4)5/h8-9,14H,7H2,1-6H3. The Bertz CT molecular complexity index is 418. The second-order valence-electron chi connectivity index (χ2n) is 5.53. The highest BCUT2D eigenvalue weighted by Crippen LogP contribution is 2.15. The number of nitrogens with zero attached hydrogens (tertiary/aromatic N) is 2. The highest BCUT2D eigenvalue weighted by atomic mass is 16.6. The highest BCUT2D eigenvalue weighted by molar-refractivity contribution is 5.72. The van der Waals surface area contributed by atoms with E-state index in [1.54, 1.807) is 4.68 Å². The van der Waals surface area contributed by atoms with E-state index in [4.69, 9.17) is 4.74 Å². The third-order valence-electron chi connectivity index (χ3n) is 2.49. The molecule has 0 aromatic carbocycles. The molecular weight excluding hydrogens is 230 g/mol. The van der Waals surface area contributed by atoms with Crippen LogP contribution in [0.15, 0.2) is 6.20 Å². The summed E-state index contributed by atoms with van der Waals surface area (Å²) in [5.74, 6) is -0.240. The number of nitrogens with one attached hydrogen (secondary N) is 1. The van der Waals surface area contributed by atoms with E-state index < -0.39 is 5.60 Å². The topological polar surface area (TPSA) is 56.2 Å². The summed E-state index contributed by atoms with van der Waals surface area (Å²) in [5.41, 5.74) is 1.63. The Morgan fingerprint density at radius 1 is 1.56 bits per heavy atom. The van der Waals surface area contributed by atoms with Crippen LogP contribution in [0.5, 0.6) is 0 Å². The van der Waals surface area contributed by atoms with E-state index in [2.05, 4.69) is 10.4 Å². The van der Waals surface area contributed by atoms with Crippen LogP contribution in [0.25, 0.3) is 0 Å². The molecule has 0 amide bonds. The first-order valence-electron chi connectivity index (χ1n) is 6.14. The summed E-state index contributed by atoms with van der Waals surface area (Å²) < 4.78 is 7.01. The van der Waals surface area contributed by atoms with Crippen molar-refractivity contribution in [3.05, 3.63) is 17.5 Å². The van der Waals surface area contributed by atoms with Crippen molar-refractivity contribution in [3.8, 4) is 0 Å². The van der Waals surface area contributed by atoms with Crippen LogP contribution in [0.1, 0.15) is 45.0 Å². The summed E-state index contributed by atoms with van der Waals surface area (Å²) in [6, 6.07) is 0.0752. The van der Waals surface area contributed by atoms with Crippen molar-refractivity contribution in [2.75, 3.05) is 6.54 Å². The Morgan fingerprint density at radius 3 is 2.61 bits per heavy atom. The maximum absolute atomic E-state index is 11.6. The molecule has 5 nitrogen and oxygen atoms in total. The van der Waals surface area contributed by atoms with E-state index in [9.17, 15) is 4.79 Å². The lowest BCUT2D eigenvalue weighted by Gasteiger charge is -2.20.